The van der Waals surface area contributed by atoms with Crippen molar-refractivity contribution in [1.82, 2.24) is 10.3 Å². The summed E-state index contributed by atoms with van der Waals surface area (Å²) in [5.74, 6) is -1.89. The molecule has 1 aromatic heterocycles. The first-order chi connectivity index (χ1) is 8.25. The molecule has 2 aromatic rings. The minimum Gasteiger partial charge on any atom is -0.420 e. The number of oxazole rings is 1. The Balaban J connectivity index is 2.04. The van der Waals surface area contributed by atoms with Gasteiger partial charge in [0.05, 0.1) is 0 Å². The van der Waals surface area contributed by atoms with Crippen molar-refractivity contribution < 1.29 is 13.2 Å². The van der Waals surface area contributed by atoms with Crippen LogP contribution in [0.4, 0.5) is 14.8 Å². The van der Waals surface area contributed by atoms with Gasteiger partial charge in [-0.2, -0.15) is 9.37 Å². The predicted molar refractivity (Wildman–Crippen MR) is 59.0 cm³/mol. The van der Waals surface area contributed by atoms with Crippen LogP contribution in [0.15, 0.2) is 16.5 Å². The summed E-state index contributed by atoms with van der Waals surface area (Å²) in [7, 11) is 0. The van der Waals surface area contributed by atoms with Crippen molar-refractivity contribution in [2.24, 2.45) is 0 Å². The average molecular weight is 239 g/mol. The molecule has 1 N–H and O–H groups in total. The SMILES string of the molecule is Fc1ccc2nc(N3CCNCC3)oc2c1F. The van der Waals surface area contributed by atoms with Gasteiger partial charge in [-0.15, -0.1) is 0 Å². The summed E-state index contributed by atoms with van der Waals surface area (Å²) in [6, 6.07) is 2.83. The van der Waals surface area contributed by atoms with Gasteiger partial charge in [0.1, 0.15) is 5.52 Å². The van der Waals surface area contributed by atoms with E-state index in [1.807, 2.05) is 4.90 Å². The molecule has 1 aliphatic rings. The number of fused-ring (bicyclic) bond motifs is 1. The van der Waals surface area contributed by atoms with Gasteiger partial charge >= 0.3 is 0 Å². The van der Waals surface area contributed by atoms with Crippen molar-refractivity contribution in [1.29, 1.82) is 0 Å². The first-order valence-corrected chi connectivity index (χ1v) is 5.46. The molecule has 6 heteroatoms. The van der Waals surface area contributed by atoms with E-state index in [0.29, 0.717) is 11.5 Å². The minimum atomic E-state index is -0.976. The molecule has 2 heterocycles. The molecule has 0 radical (unpaired) electrons. The van der Waals surface area contributed by atoms with Gasteiger partial charge < -0.3 is 14.6 Å². The molecule has 1 fully saturated rings. The van der Waals surface area contributed by atoms with Crippen molar-refractivity contribution in [2.45, 2.75) is 0 Å². The number of nitrogens with zero attached hydrogens (tertiary/aromatic N) is 2. The van der Waals surface area contributed by atoms with Crippen LogP contribution in [0.3, 0.4) is 0 Å². The summed E-state index contributed by atoms with van der Waals surface area (Å²) in [5, 5.41) is 3.19. The van der Waals surface area contributed by atoms with Gasteiger partial charge in [-0.05, 0) is 12.1 Å². The lowest BCUT2D eigenvalue weighted by atomic mass is 10.3. The normalized spacial score (nSPS) is 16.7. The second kappa shape index (κ2) is 3.96. The zero-order valence-electron chi connectivity index (χ0n) is 9.04. The molecule has 90 valence electrons. The first-order valence-electron chi connectivity index (χ1n) is 5.46. The quantitative estimate of drug-likeness (QED) is 0.819. The number of piperazine rings is 1. The van der Waals surface area contributed by atoms with Crippen LogP contribution >= 0.6 is 0 Å². The van der Waals surface area contributed by atoms with Crippen LogP contribution in [0.5, 0.6) is 0 Å². The number of rotatable bonds is 1. The van der Waals surface area contributed by atoms with Crippen LogP contribution in [0, 0.1) is 11.6 Å². The molecule has 1 aliphatic heterocycles. The van der Waals surface area contributed by atoms with E-state index in [0.717, 1.165) is 32.2 Å². The van der Waals surface area contributed by atoms with Crippen LogP contribution in [0.25, 0.3) is 11.1 Å². The standard InChI is InChI=1S/C11H11F2N3O/c12-7-1-2-8-10(9(7)13)17-11(15-8)16-5-3-14-4-6-16/h1-2,14H,3-6H2. The molecule has 0 atom stereocenters. The molecule has 0 spiro atoms. The number of nitrogens with one attached hydrogen (secondary N) is 1. The van der Waals surface area contributed by atoms with Crippen LogP contribution in [-0.4, -0.2) is 31.2 Å². The van der Waals surface area contributed by atoms with Crippen LogP contribution in [0.2, 0.25) is 0 Å². The Morgan fingerprint density at radius 3 is 2.76 bits per heavy atom. The Morgan fingerprint density at radius 1 is 1.24 bits per heavy atom. The fraction of sp³-hybridized carbons (Fsp3) is 0.364. The molecule has 3 rings (SSSR count). The highest BCUT2D eigenvalue weighted by Gasteiger charge is 2.19. The van der Waals surface area contributed by atoms with Gasteiger partial charge in [0, 0.05) is 26.2 Å². The fourth-order valence-corrected chi connectivity index (χ4v) is 1.92. The van der Waals surface area contributed by atoms with Crippen molar-refractivity contribution in [3.05, 3.63) is 23.8 Å². The van der Waals surface area contributed by atoms with Gasteiger partial charge in [-0.3, -0.25) is 0 Å². The smallest absolute Gasteiger partial charge is 0.298 e. The molecular weight excluding hydrogens is 228 g/mol. The van der Waals surface area contributed by atoms with Crippen LogP contribution < -0.4 is 10.2 Å². The lowest BCUT2D eigenvalue weighted by Crippen LogP contribution is -2.43. The molecule has 0 aliphatic carbocycles. The third-order valence-electron chi connectivity index (χ3n) is 2.83. The Labute approximate surface area is 96.2 Å². The van der Waals surface area contributed by atoms with Crippen molar-refractivity contribution in [3.8, 4) is 0 Å². The van der Waals surface area contributed by atoms with E-state index >= 15 is 0 Å². The highest BCUT2D eigenvalue weighted by molar-refractivity contribution is 5.75. The third kappa shape index (κ3) is 1.74. The van der Waals surface area contributed by atoms with Crippen molar-refractivity contribution in [3.63, 3.8) is 0 Å². The maximum atomic E-state index is 13.4. The summed E-state index contributed by atoms with van der Waals surface area (Å²) >= 11 is 0. The summed E-state index contributed by atoms with van der Waals surface area (Å²) in [5.41, 5.74) is 0.232. The lowest BCUT2D eigenvalue weighted by Gasteiger charge is -2.25. The fourth-order valence-electron chi connectivity index (χ4n) is 1.92. The predicted octanol–water partition coefficient (Wildman–Crippen LogP) is 1.52. The number of aromatic nitrogens is 1. The number of hydrogen-bond donors (Lipinski definition) is 1. The number of anilines is 1. The highest BCUT2D eigenvalue weighted by Crippen LogP contribution is 2.25. The Morgan fingerprint density at radius 2 is 2.00 bits per heavy atom. The summed E-state index contributed by atoms with van der Waals surface area (Å²) in [4.78, 5) is 6.07. The lowest BCUT2D eigenvalue weighted by molar-refractivity contribution is 0.479. The van der Waals surface area contributed by atoms with Gasteiger partial charge in [0.15, 0.2) is 11.4 Å². The van der Waals surface area contributed by atoms with E-state index in [1.165, 1.54) is 6.07 Å². The van der Waals surface area contributed by atoms with E-state index in [2.05, 4.69) is 10.3 Å². The summed E-state index contributed by atoms with van der Waals surface area (Å²) in [6.45, 7) is 3.15. The topological polar surface area (TPSA) is 41.3 Å². The maximum Gasteiger partial charge on any atom is 0.298 e. The van der Waals surface area contributed by atoms with Gasteiger partial charge in [-0.25, -0.2) is 4.39 Å². The minimum absolute atomic E-state index is 0.112. The Kier molecular flexibility index (Phi) is 2.44. The zero-order valence-corrected chi connectivity index (χ0v) is 9.04. The van der Waals surface area contributed by atoms with Crippen molar-refractivity contribution in [2.75, 3.05) is 31.1 Å². The van der Waals surface area contributed by atoms with E-state index in [1.54, 1.807) is 0 Å². The van der Waals surface area contributed by atoms with Crippen LogP contribution in [0.1, 0.15) is 0 Å². The second-order valence-corrected chi connectivity index (χ2v) is 3.94. The van der Waals surface area contributed by atoms with Crippen LogP contribution in [-0.2, 0) is 0 Å². The monoisotopic (exact) mass is 239 g/mol. The average Bonchev–Trinajstić information content (AvgIpc) is 2.80. The number of benzene rings is 1. The van der Waals surface area contributed by atoms with E-state index < -0.39 is 11.6 Å². The zero-order chi connectivity index (χ0) is 11.8. The van der Waals surface area contributed by atoms with E-state index in [4.69, 9.17) is 4.42 Å². The molecule has 0 bridgehead atoms. The number of hydrogen-bond acceptors (Lipinski definition) is 4. The molecule has 1 saturated heterocycles. The summed E-state index contributed by atoms with van der Waals surface area (Å²) < 4.78 is 31.7. The largest absolute Gasteiger partial charge is 0.420 e. The third-order valence-corrected chi connectivity index (χ3v) is 2.83. The number of halogens is 2. The molecule has 0 amide bonds. The van der Waals surface area contributed by atoms with Crippen molar-refractivity contribution >= 4 is 17.1 Å². The molecular formula is C11H11F2N3O. The van der Waals surface area contributed by atoms with Gasteiger partial charge in [0.25, 0.3) is 6.01 Å². The Bertz CT molecular complexity index is 549. The van der Waals surface area contributed by atoms with E-state index in [9.17, 15) is 8.78 Å². The van der Waals surface area contributed by atoms with Gasteiger partial charge in [0.2, 0.25) is 5.82 Å². The second-order valence-electron chi connectivity index (χ2n) is 3.94. The van der Waals surface area contributed by atoms with Gasteiger partial charge in [-0.1, -0.05) is 0 Å². The highest BCUT2D eigenvalue weighted by atomic mass is 19.2. The summed E-state index contributed by atoms with van der Waals surface area (Å²) in [6.07, 6.45) is 0. The Hall–Kier alpha value is -1.69. The molecule has 1 aromatic carbocycles. The molecule has 17 heavy (non-hydrogen) atoms. The first kappa shape index (κ1) is 10.5. The molecule has 0 saturated carbocycles. The van der Waals surface area contributed by atoms with E-state index in [-0.39, 0.29) is 5.58 Å². The molecule has 4 nitrogen and oxygen atoms in total. The molecule has 0 unspecified atom stereocenters. The maximum absolute atomic E-state index is 13.4.